The normalized spacial score (nSPS) is 14.4. The maximum Gasteiger partial charge on any atom is 0.253 e. The first-order valence-corrected chi connectivity index (χ1v) is 8.41. The van der Waals surface area contributed by atoms with Crippen molar-refractivity contribution in [2.45, 2.75) is 19.3 Å². The molecule has 1 aliphatic rings. The fourth-order valence-electron chi connectivity index (χ4n) is 3.04. The highest BCUT2D eigenvalue weighted by molar-refractivity contribution is 5.95. The number of carbonyl (C=O) groups is 1. The first-order chi connectivity index (χ1) is 12.2. The number of aromatic nitrogens is 2. The molecular formula is C20H19N3O2. The van der Waals surface area contributed by atoms with E-state index in [4.69, 9.17) is 4.52 Å². The Hall–Kier alpha value is -2.95. The molecule has 0 N–H and O–H groups in total. The van der Waals surface area contributed by atoms with Crippen molar-refractivity contribution in [3.63, 3.8) is 0 Å². The average molecular weight is 333 g/mol. The van der Waals surface area contributed by atoms with Crippen LogP contribution in [-0.4, -0.2) is 34.0 Å². The molecule has 0 atom stereocenters. The lowest BCUT2D eigenvalue weighted by atomic mass is 9.98. The van der Waals surface area contributed by atoms with Crippen LogP contribution >= 0.6 is 0 Å². The van der Waals surface area contributed by atoms with E-state index >= 15 is 0 Å². The zero-order chi connectivity index (χ0) is 17.2. The van der Waals surface area contributed by atoms with Gasteiger partial charge in [0, 0.05) is 25.1 Å². The lowest BCUT2D eigenvalue weighted by Crippen LogP contribution is -2.48. The van der Waals surface area contributed by atoms with Crippen LogP contribution in [0.4, 0.5) is 0 Å². The Balaban J connectivity index is 1.37. The van der Waals surface area contributed by atoms with Gasteiger partial charge in [-0.25, -0.2) is 0 Å². The van der Waals surface area contributed by atoms with Crippen molar-refractivity contribution in [3.05, 3.63) is 83.0 Å². The Labute approximate surface area is 146 Å². The largest absolute Gasteiger partial charge is 0.339 e. The van der Waals surface area contributed by atoms with Gasteiger partial charge in [-0.3, -0.25) is 4.79 Å². The molecule has 0 spiro atoms. The molecular weight excluding hydrogens is 314 g/mol. The van der Waals surface area contributed by atoms with Gasteiger partial charge in [-0.1, -0.05) is 53.2 Å². The van der Waals surface area contributed by atoms with Crippen LogP contribution in [0, 0.1) is 6.92 Å². The molecule has 1 saturated heterocycles. The first kappa shape index (κ1) is 15.6. The van der Waals surface area contributed by atoms with Gasteiger partial charge < -0.3 is 9.42 Å². The van der Waals surface area contributed by atoms with Crippen molar-refractivity contribution in [1.29, 1.82) is 0 Å². The smallest absolute Gasteiger partial charge is 0.253 e. The minimum absolute atomic E-state index is 0.0592. The van der Waals surface area contributed by atoms with Crippen LogP contribution in [0.5, 0.6) is 0 Å². The van der Waals surface area contributed by atoms with Gasteiger partial charge in [0.25, 0.3) is 5.91 Å². The highest BCUT2D eigenvalue weighted by Gasteiger charge is 2.35. The van der Waals surface area contributed by atoms with E-state index in [0.717, 1.165) is 16.7 Å². The average Bonchev–Trinajstić information content (AvgIpc) is 3.02. The monoisotopic (exact) mass is 333 g/mol. The van der Waals surface area contributed by atoms with E-state index in [0.29, 0.717) is 31.2 Å². The third-order valence-corrected chi connectivity index (χ3v) is 4.47. The number of nitrogens with zero attached hydrogens (tertiary/aromatic N) is 3. The van der Waals surface area contributed by atoms with Gasteiger partial charge in [-0.05, 0) is 24.6 Å². The second kappa shape index (κ2) is 6.51. The molecule has 5 heteroatoms. The number of aryl methyl sites for hydroxylation is 1. The van der Waals surface area contributed by atoms with Crippen molar-refractivity contribution in [2.75, 3.05) is 13.1 Å². The molecule has 25 heavy (non-hydrogen) atoms. The van der Waals surface area contributed by atoms with Crippen LogP contribution in [-0.2, 0) is 6.42 Å². The van der Waals surface area contributed by atoms with Crippen molar-refractivity contribution in [2.24, 2.45) is 0 Å². The van der Waals surface area contributed by atoms with E-state index in [-0.39, 0.29) is 11.8 Å². The highest BCUT2D eigenvalue weighted by Crippen LogP contribution is 2.27. The summed E-state index contributed by atoms with van der Waals surface area (Å²) in [5, 5.41) is 4.06. The number of rotatable bonds is 4. The standard InChI is InChI=1S/C20H19N3O2/c1-14-6-5-9-16(10-14)20(24)23-12-17(13-23)19-21-18(22-25-19)11-15-7-3-2-4-8-15/h2-10,17H,11-13H2,1H3. The fraction of sp³-hybridized carbons (Fsp3) is 0.250. The van der Waals surface area contributed by atoms with E-state index in [2.05, 4.69) is 10.1 Å². The molecule has 1 aromatic heterocycles. The maximum absolute atomic E-state index is 12.5. The first-order valence-electron chi connectivity index (χ1n) is 8.41. The molecule has 1 amide bonds. The molecule has 4 rings (SSSR count). The quantitative estimate of drug-likeness (QED) is 0.735. The van der Waals surface area contributed by atoms with Crippen molar-refractivity contribution in [1.82, 2.24) is 15.0 Å². The van der Waals surface area contributed by atoms with Gasteiger partial charge in [-0.15, -0.1) is 0 Å². The second-order valence-electron chi connectivity index (χ2n) is 6.49. The number of amides is 1. The number of hydrogen-bond donors (Lipinski definition) is 0. The Kier molecular flexibility index (Phi) is 4.06. The predicted molar refractivity (Wildman–Crippen MR) is 93.4 cm³/mol. The summed E-state index contributed by atoms with van der Waals surface area (Å²) >= 11 is 0. The minimum Gasteiger partial charge on any atom is -0.339 e. The van der Waals surface area contributed by atoms with Gasteiger partial charge in [0.2, 0.25) is 5.89 Å². The summed E-state index contributed by atoms with van der Waals surface area (Å²) in [5.41, 5.74) is 2.97. The number of benzene rings is 2. The topological polar surface area (TPSA) is 59.2 Å². The number of likely N-dealkylation sites (tertiary alicyclic amines) is 1. The summed E-state index contributed by atoms with van der Waals surface area (Å²) in [6.07, 6.45) is 0.656. The van der Waals surface area contributed by atoms with Crippen LogP contribution in [0.15, 0.2) is 59.1 Å². The van der Waals surface area contributed by atoms with E-state index in [1.807, 2.05) is 66.4 Å². The third kappa shape index (κ3) is 3.31. The summed E-state index contributed by atoms with van der Waals surface area (Å²) in [4.78, 5) is 18.8. The summed E-state index contributed by atoms with van der Waals surface area (Å²) in [6, 6.07) is 17.7. The maximum atomic E-state index is 12.5. The Bertz CT molecular complexity index is 883. The lowest BCUT2D eigenvalue weighted by molar-refractivity contribution is 0.0569. The van der Waals surface area contributed by atoms with Gasteiger partial charge >= 0.3 is 0 Å². The third-order valence-electron chi connectivity index (χ3n) is 4.47. The van der Waals surface area contributed by atoms with Gasteiger partial charge in [-0.2, -0.15) is 4.98 Å². The SMILES string of the molecule is Cc1cccc(C(=O)N2CC(c3nc(Cc4ccccc4)no3)C2)c1. The Morgan fingerprint density at radius 1 is 1.16 bits per heavy atom. The molecule has 0 radical (unpaired) electrons. The van der Waals surface area contributed by atoms with Crippen molar-refractivity contribution in [3.8, 4) is 0 Å². The van der Waals surface area contributed by atoms with Crippen LogP contribution < -0.4 is 0 Å². The Morgan fingerprint density at radius 2 is 1.96 bits per heavy atom. The summed E-state index contributed by atoms with van der Waals surface area (Å²) in [6.45, 7) is 3.24. The molecule has 0 aliphatic carbocycles. The highest BCUT2D eigenvalue weighted by atomic mass is 16.5. The van der Waals surface area contributed by atoms with E-state index in [1.165, 1.54) is 0 Å². The zero-order valence-corrected chi connectivity index (χ0v) is 14.1. The van der Waals surface area contributed by atoms with E-state index in [1.54, 1.807) is 0 Å². The molecule has 2 aromatic carbocycles. The molecule has 0 saturated carbocycles. The van der Waals surface area contributed by atoms with Crippen LogP contribution in [0.3, 0.4) is 0 Å². The summed E-state index contributed by atoms with van der Waals surface area (Å²) in [7, 11) is 0. The van der Waals surface area contributed by atoms with Crippen LogP contribution in [0.1, 0.15) is 39.1 Å². The Morgan fingerprint density at radius 3 is 2.72 bits per heavy atom. The molecule has 0 bridgehead atoms. The minimum atomic E-state index is 0.0592. The molecule has 1 aliphatic heterocycles. The molecule has 1 fully saturated rings. The molecule has 5 nitrogen and oxygen atoms in total. The van der Waals surface area contributed by atoms with Crippen LogP contribution in [0.25, 0.3) is 0 Å². The van der Waals surface area contributed by atoms with Crippen molar-refractivity contribution >= 4 is 5.91 Å². The fourth-order valence-corrected chi connectivity index (χ4v) is 3.04. The number of hydrogen-bond acceptors (Lipinski definition) is 4. The molecule has 2 heterocycles. The van der Waals surface area contributed by atoms with E-state index in [9.17, 15) is 4.79 Å². The van der Waals surface area contributed by atoms with Crippen LogP contribution in [0.2, 0.25) is 0 Å². The van der Waals surface area contributed by atoms with Crippen molar-refractivity contribution < 1.29 is 9.32 Å². The molecule has 126 valence electrons. The van der Waals surface area contributed by atoms with E-state index < -0.39 is 0 Å². The predicted octanol–water partition coefficient (Wildman–Crippen LogP) is 3.21. The lowest BCUT2D eigenvalue weighted by Gasteiger charge is -2.37. The van der Waals surface area contributed by atoms with Gasteiger partial charge in [0.15, 0.2) is 5.82 Å². The van der Waals surface area contributed by atoms with Gasteiger partial charge in [0.1, 0.15) is 0 Å². The summed E-state index contributed by atoms with van der Waals surface area (Å²) in [5.74, 6) is 1.50. The van der Waals surface area contributed by atoms with Gasteiger partial charge in [0.05, 0.1) is 5.92 Å². The molecule has 0 unspecified atom stereocenters. The second-order valence-corrected chi connectivity index (χ2v) is 6.49. The summed E-state index contributed by atoms with van der Waals surface area (Å²) < 4.78 is 5.39. The number of carbonyl (C=O) groups excluding carboxylic acids is 1. The zero-order valence-electron chi connectivity index (χ0n) is 14.1. The molecule has 3 aromatic rings.